The molecular weight excluding hydrogens is 287 g/mol. The highest BCUT2D eigenvalue weighted by Gasteiger charge is 2.30. The van der Waals surface area contributed by atoms with E-state index in [0.29, 0.717) is 12.1 Å². The van der Waals surface area contributed by atoms with Crippen LogP contribution in [0.5, 0.6) is 0 Å². The van der Waals surface area contributed by atoms with Gasteiger partial charge in [-0.05, 0) is 24.3 Å². The number of benzene rings is 1. The van der Waals surface area contributed by atoms with Crippen LogP contribution in [0.2, 0.25) is 0 Å². The van der Waals surface area contributed by atoms with E-state index in [1.165, 1.54) is 0 Å². The SMILES string of the molecule is O=S(=O)(NCC(O)CO)c1ccc(C(F)(F)F)cc1. The van der Waals surface area contributed by atoms with Crippen molar-refractivity contribution in [1.29, 1.82) is 0 Å². The first-order valence-corrected chi connectivity index (χ1v) is 6.61. The first-order chi connectivity index (χ1) is 8.66. The molecule has 1 atom stereocenters. The van der Waals surface area contributed by atoms with Gasteiger partial charge in [-0.1, -0.05) is 0 Å². The summed E-state index contributed by atoms with van der Waals surface area (Å²) in [5.74, 6) is 0. The summed E-state index contributed by atoms with van der Waals surface area (Å²) in [6.45, 7) is -1.06. The van der Waals surface area contributed by atoms with Gasteiger partial charge < -0.3 is 10.2 Å². The fourth-order valence-corrected chi connectivity index (χ4v) is 2.25. The molecule has 108 valence electrons. The van der Waals surface area contributed by atoms with Gasteiger partial charge in [-0.25, -0.2) is 13.1 Å². The summed E-state index contributed by atoms with van der Waals surface area (Å²) in [6, 6.07) is 2.93. The van der Waals surface area contributed by atoms with E-state index < -0.39 is 41.0 Å². The predicted octanol–water partition coefficient (Wildman–Crippen LogP) is 0.337. The summed E-state index contributed by atoms with van der Waals surface area (Å²) in [5, 5.41) is 17.5. The predicted molar refractivity (Wildman–Crippen MR) is 59.7 cm³/mol. The lowest BCUT2D eigenvalue weighted by Gasteiger charge is -2.11. The van der Waals surface area contributed by atoms with E-state index in [-0.39, 0.29) is 4.90 Å². The molecule has 19 heavy (non-hydrogen) atoms. The minimum Gasteiger partial charge on any atom is -0.394 e. The van der Waals surface area contributed by atoms with Gasteiger partial charge in [0, 0.05) is 6.54 Å². The molecule has 3 N–H and O–H groups in total. The number of halogens is 3. The number of sulfonamides is 1. The van der Waals surface area contributed by atoms with E-state index in [0.717, 1.165) is 12.1 Å². The third-order valence-corrected chi connectivity index (χ3v) is 3.65. The van der Waals surface area contributed by atoms with Gasteiger partial charge in [-0.3, -0.25) is 0 Å². The zero-order chi connectivity index (χ0) is 14.7. The third kappa shape index (κ3) is 4.46. The number of aliphatic hydroxyl groups excluding tert-OH is 2. The molecule has 0 saturated carbocycles. The highest BCUT2D eigenvalue weighted by molar-refractivity contribution is 7.89. The van der Waals surface area contributed by atoms with E-state index in [1.54, 1.807) is 0 Å². The third-order valence-electron chi connectivity index (χ3n) is 2.21. The molecular formula is C10H12F3NO4S. The standard InChI is InChI=1S/C10H12F3NO4S/c11-10(12,13)7-1-3-9(4-2-7)19(17,18)14-5-8(16)6-15/h1-4,8,14-16H,5-6H2. The van der Waals surface area contributed by atoms with Crippen molar-refractivity contribution in [2.45, 2.75) is 17.2 Å². The van der Waals surface area contributed by atoms with Crippen LogP contribution in [0.25, 0.3) is 0 Å². The van der Waals surface area contributed by atoms with Crippen molar-refractivity contribution < 1.29 is 31.8 Å². The van der Waals surface area contributed by atoms with Gasteiger partial charge in [0.15, 0.2) is 0 Å². The smallest absolute Gasteiger partial charge is 0.394 e. The lowest BCUT2D eigenvalue weighted by atomic mass is 10.2. The lowest BCUT2D eigenvalue weighted by Crippen LogP contribution is -2.33. The van der Waals surface area contributed by atoms with Gasteiger partial charge >= 0.3 is 6.18 Å². The minimum absolute atomic E-state index is 0.356. The van der Waals surface area contributed by atoms with Gasteiger partial charge in [0.25, 0.3) is 0 Å². The molecule has 0 spiro atoms. The molecule has 1 unspecified atom stereocenters. The molecule has 0 aliphatic carbocycles. The summed E-state index contributed by atoms with van der Waals surface area (Å²) >= 11 is 0. The van der Waals surface area contributed by atoms with E-state index in [4.69, 9.17) is 10.2 Å². The highest BCUT2D eigenvalue weighted by atomic mass is 32.2. The van der Waals surface area contributed by atoms with Crippen molar-refractivity contribution in [2.24, 2.45) is 0 Å². The fraction of sp³-hybridized carbons (Fsp3) is 0.400. The van der Waals surface area contributed by atoms with Crippen LogP contribution in [0.4, 0.5) is 13.2 Å². The maximum absolute atomic E-state index is 12.3. The Morgan fingerprint density at radius 1 is 1.21 bits per heavy atom. The first-order valence-electron chi connectivity index (χ1n) is 5.12. The lowest BCUT2D eigenvalue weighted by molar-refractivity contribution is -0.137. The van der Waals surface area contributed by atoms with Crippen molar-refractivity contribution in [3.63, 3.8) is 0 Å². The maximum atomic E-state index is 12.3. The Hall–Kier alpha value is -1.16. The average molecular weight is 299 g/mol. The Morgan fingerprint density at radius 3 is 2.16 bits per heavy atom. The first kappa shape index (κ1) is 15.9. The van der Waals surface area contributed by atoms with Crippen molar-refractivity contribution in [3.8, 4) is 0 Å². The van der Waals surface area contributed by atoms with Crippen LogP contribution in [0.3, 0.4) is 0 Å². The second-order valence-electron chi connectivity index (χ2n) is 3.71. The van der Waals surface area contributed by atoms with Crippen molar-refractivity contribution in [1.82, 2.24) is 4.72 Å². The van der Waals surface area contributed by atoms with Crippen LogP contribution in [0, 0.1) is 0 Å². The molecule has 0 aliphatic rings. The molecule has 0 heterocycles. The van der Waals surface area contributed by atoms with Crippen LogP contribution in [0.1, 0.15) is 5.56 Å². The molecule has 0 radical (unpaired) electrons. The zero-order valence-corrected chi connectivity index (χ0v) is 10.4. The molecule has 0 bridgehead atoms. The Labute approximate surface area is 107 Å². The van der Waals surface area contributed by atoms with Crippen LogP contribution < -0.4 is 4.72 Å². The monoisotopic (exact) mass is 299 g/mol. The summed E-state index contributed by atoms with van der Waals surface area (Å²) in [7, 11) is -4.02. The molecule has 1 rings (SSSR count). The number of hydrogen-bond donors (Lipinski definition) is 3. The molecule has 0 amide bonds. The Bertz CT molecular complexity index is 513. The number of rotatable bonds is 5. The van der Waals surface area contributed by atoms with Gasteiger partial charge in [0.05, 0.1) is 23.2 Å². The number of aliphatic hydroxyl groups is 2. The van der Waals surface area contributed by atoms with E-state index in [9.17, 15) is 21.6 Å². The van der Waals surface area contributed by atoms with Crippen LogP contribution in [-0.2, 0) is 16.2 Å². The molecule has 0 saturated heterocycles. The van der Waals surface area contributed by atoms with Gasteiger partial charge in [0.2, 0.25) is 10.0 Å². The Balaban J connectivity index is 2.85. The average Bonchev–Trinajstić information content (AvgIpc) is 2.35. The summed E-state index contributed by atoms with van der Waals surface area (Å²) in [6.07, 6.45) is -5.81. The molecule has 9 heteroatoms. The van der Waals surface area contributed by atoms with E-state index >= 15 is 0 Å². The topological polar surface area (TPSA) is 86.6 Å². The van der Waals surface area contributed by atoms with Crippen LogP contribution in [0.15, 0.2) is 29.2 Å². The molecule has 0 aliphatic heterocycles. The zero-order valence-electron chi connectivity index (χ0n) is 9.55. The molecule has 5 nitrogen and oxygen atoms in total. The van der Waals surface area contributed by atoms with Gasteiger partial charge in [0.1, 0.15) is 0 Å². The second-order valence-corrected chi connectivity index (χ2v) is 5.48. The fourth-order valence-electron chi connectivity index (χ4n) is 1.18. The van der Waals surface area contributed by atoms with E-state index in [1.807, 2.05) is 4.72 Å². The van der Waals surface area contributed by atoms with Crippen LogP contribution >= 0.6 is 0 Å². The number of nitrogens with one attached hydrogen (secondary N) is 1. The van der Waals surface area contributed by atoms with Gasteiger partial charge in [-0.15, -0.1) is 0 Å². The second kappa shape index (κ2) is 5.87. The summed E-state index contributed by atoms with van der Waals surface area (Å²) < 4.78 is 62.1. The summed E-state index contributed by atoms with van der Waals surface area (Å²) in [4.78, 5) is -0.356. The summed E-state index contributed by atoms with van der Waals surface area (Å²) in [5.41, 5.74) is -0.957. The Morgan fingerprint density at radius 2 is 1.74 bits per heavy atom. The van der Waals surface area contributed by atoms with E-state index in [2.05, 4.69) is 0 Å². The molecule has 1 aromatic rings. The van der Waals surface area contributed by atoms with Crippen molar-refractivity contribution in [3.05, 3.63) is 29.8 Å². The number of hydrogen-bond acceptors (Lipinski definition) is 4. The molecule has 0 fully saturated rings. The largest absolute Gasteiger partial charge is 0.416 e. The van der Waals surface area contributed by atoms with Crippen molar-refractivity contribution in [2.75, 3.05) is 13.2 Å². The maximum Gasteiger partial charge on any atom is 0.416 e. The number of alkyl halides is 3. The van der Waals surface area contributed by atoms with Crippen molar-refractivity contribution >= 4 is 10.0 Å². The normalized spacial score (nSPS) is 14.4. The molecule has 0 aromatic heterocycles. The van der Waals surface area contributed by atoms with Crippen LogP contribution in [-0.4, -0.2) is 37.9 Å². The van der Waals surface area contributed by atoms with Gasteiger partial charge in [-0.2, -0.15) is 13.2 Å². The highest BCUT2D eigenvalue weighted by Crippen LogP contribution is 2.29. The quantitative estimate of drug-likeness (QED) is 0.731. The molecule has 1 aromatic carbocycles. The minimum atomic E-state index is -4.54. The Kier molecular flexibility index (Phi) is 4.91.